The van der Waals surface area contributed by atoms with Gasteiger partial charge in [-0.1, -0.05) is 51.6 Å². The number of benzene rings is 2. The number of hydrogen-bond acceptors (Lipinski definition) is 3. The van der Waals surface area contributed by atoms with Crippen LogP contribution in [0.1, 0.15) is 57.1 Å². The van der Waals surface area contributed by atoms with Crippen molar-refractivity contribution in [3.05, 3.63) is 95.9 Å². The molecule has 0 radical (unpaired) electrons. The fraction of sp³-hybridized carbons (Fsp3) is 0.321. The average molecular weight is 466 g/mol. The van der Waals surface area contributed by atoms with E-state index in [0.717, 1.165) is 24.8 Å². The summed E-state index contributed by atoms with van der Waals surface area (Å²) >= 11 is 0. The van der Waals surface area contributed by atoms with E-state index in [4.69, 9.17) is 10.5 Å². The van der Waals surface area contributed by atoms with Crippen LogP contribution in [-0.2, 0) is 0 Å². The summed E-state index contributed by atoms with van der Waals surface area (Å²) in [5.41, 5.74) is 8.85. The fourth-order valence-electron chi connectivity index (χ4n) is 3.61. The first-order chi connectivity index (χ1) is 16.3. The second-order valence-electron chi connectivity index (χ2n) is 8.65. The summed E-state index contributed by atoms with van der Waals surface area (Å²) in [5, 5.41) is 6.01. The molecule has 0 saturated heterocycles. The van der Waals surface area contributed by atoms with E-state index in [1.165, 1.54) is 12.1 Å². The van der Waals surface area contributed by atoms with E-state index in [1.54, 1.807) is 53.7 Å². The summed E-state index contributed by atoms with van der Waals surface area (Å²) < 4.78 is 34.1. The van der Waals surface area contributed by atoms with E-state index in [0.29, 0.717) is 29.3 Å². The van der Waals surface area contributed by atoms with Crippen LogP contribution in [0.25, 0.3) is 5.57 Å². The zero-order valence-corrected chi connectivity index (χ0v) is 20.1. The van der Waals surface area contributed by atoms with E-state index >= 15 is 4.39 Å². The molecule has 6 heteroatoms. The summed E-state index contributed by atoms with van der Waals surface area (Å²) in [6.07, 6.45) is 7.80. The number of halogens is 2. The molecule has 1 heterocycles. The van der Waals surface area contributed by atoms with E-state index in [-0.39, 0.29) is 23.4 Å². The molecule has 0 saturated carbocycles. The zero-order valence-electron chi connectivity index (χ0n) is 20.1. The van der Waals surface area contributed by atoms with Crippen molar-refractivity contribution in [2.45, 2.75) is 46.0 Å². The monoisotopic (exact) mass is 465 g/mol. The molecule has 1 aliphatic rings. The molecule has 2 atom stereocenters. The highest BCUT2D eigenvalue weighted by atomic mass is 19.1. The maximum absolute atomic E-state index is 15.2. The molecule has 0 aromatic heterocycles. The normalized spacial score (nSPS) is 15.8. The van der Waals surface area contributed by atoms with Gasteiger partial charge in [0, 0.05) is 17.7 Å². The zero-order chi connectivity index (χ0) is 24.7. The van der Waals surface area contributed by atoms with Gasteiger partial charge < -0.3 is 10.5 Å². The van der Waals surface area contributed by atoms with E-state index in [2.05, 4.69) is 25.5 Å². The molecular formula is C28H33F2N3O. The van der Waals surface area contributed by atoms with Crippen molar-refractivity contribution in [1.29, 1.82) is 0 Å². The molecule has 2 unspecified atom stereocenters. The molecule has 0 aliphatic carbocycles. The van der Waals surface area contributed by atoms with E-state index < -0.39 is 5.82 Å². The van der Waals surface area contributed by atoms with Gasteiger partial charge in [0.05, 0.1) is 12.3 Å². The summed E-state index contributed by atoms with van der Waals surface area (Å²) in [7, 11) is 0. The van der Waals surface area contributed by atoms with Crippen LogP contribution in [0.4, 0.5) is 8.78 Å². The number of hydrazone groups is 1. The number of nitrogens with two attached hydrogens (primary N) is 1. The van der Waals surface area contributed by atoms with Crippen molar-refractivity contribution in [1.82, 2.24) is 5.01 Å². The summed E-state index contributed by atoms with van der Waals surface area (Å²) in [6.45, 7) is 10.6. The predicted octanol–water partition coefficient (Wildman–Crippen LogP) is 6.97. The average Bonchev–Trinajstić information content (AvgIpc) is 2.83. The highest BCUT2D eigenvalue weighted by Gasteiger charge is 2.17. The van der Waals surface area contributed by atoms with E-state index in [9.17, 15) is 4.39 Å². The molecular weight excluding hydrogens is 432 g/mol. The molecule has 1 aliphatic heterocycles. The van der Waals surface area contributed by atoms with Crippen LogP contribution in [0.5, 0.6) is 5.75 Å². The van der Waals surface area contributed by atoms with Crippen LogP contribution in [0.3, 0.4) is 0 Å². The van der Waals surface area contributed by atoms with E-state index in [1.807, 2.05) is 6.92 Å². The number of nitrogens with zero attached hydrogens (tertiary/aromatic N) is 2. The molecule has 0 spiro atoms. The van der Waals surface area contributed by atoms with Crippen molar-refractivity contribution >= 4 is 11.4 Å². The van der Waals surface area contributed by atoms with Crippen molar-refractivity contribution in [3.8, 4) is 5.75 Å². The Morgan fingerprint density at radius 3 is 2.56 bits per heavy atom. The van der Waals surface area contributed by atoms with Crippen LogP contribution >= 0.6 is 0 Å². The van der Waals surface area contributed by atoms with Crippen molar-refractivity contribution in [2.75, 3.05) is 6.61 Å². The van der Waals surface area contributed by atoms with Gasteiger partial charge in [0.1, 0.15) is 11.7 Å². The Balaban J connectivity index is 1.60. The molecule has 34 heavy (non-hydrogen) atoms. The maximum atomic E-state index is 15.2. The van der Waals surface area contributed by atoms with Gasteiger partial charge in [-0.3, -0.25) is 0 Å². The number of amidine groups is 1. The SMILES string of the molecule is C=C1C=C(c2cccc(OCCCC(C)c3ccc(F)cc3)c2F)C=CN1/N=C(/N)C(C)CC. The third kappa shape index (κ3) is 6.34. The van der Waals surface area contributed by atoms with Gasteiger partial charge in [0.15, 0.2) is 11.6 Å². The second kappa shape index (κ2) is 11.6. The van der Waals surface area contributed by atoms with Crippen LogP contribution in [0.15, 0.2) is 78.2 Å². The highest BCUT2D eigenvalue weighted by molar-refractivity contribution is 5.83. The summed E-state index contributed by atoms with van der Waals surface area (Å²) in [6, 6.07) is 11.7. The Kier molecular flexibility index (Phi) is 8.63. The quantitative estimate of drug-likeness (QED) is 0.234. The van der Waals surface area contributed by atoms with Gasteiger partial charge in [-0.15, -0.1) is 0 Å². The van der Waals surface area contributed by atoms with Crippen molar-refractivity contribution < 1.29 is 13.5 Å². The van der Waals surface area contributed by atoms with Crippen LogP contribution in [-0.4, -0.2) is 17.5 Å². The summed E-state index contributed by atoms with van der Waals surface area (Å²) in [5.74, 6) is 0.528. The molecule has 4 nitrogen and oxygen atoms in total. The van der Waals surface area contributed by atoms with Crippen LogP contribution < -0.4 is 10.5 Å². The standard InChI is InChI=1S/C28H33F2N3O/c1-5-19(2)28(31)32-33-16-15-23(18-21(33)4)25-9-6-10-26(27(25)30)34-17-7-8-20(3)22-11-13-24(29)14-12-22/h6,9-16,18-20H,4-5,7-8,17H2,1-3H3,(H2,31,32). The number of hydrogen-bond donors (Lipinski definition) is 1. The van der Waals surface area contributed by atoms with Gasteiger partial charge in [-0.2, -0.15) is 5.10 Å². The third-order valence-electron chi connectivity index (χ3n) is 6.10. The number of allylic oxidation sites excluding steroid dienone is 3. The lowest BCUT2D eigenvalue weighted by molar-refractivity contribution is 0.288. The lowest BCUT2D eigenvalue weighted by Crippen LogP contribution is -2.25. The minimum Gasteiger partial charge on any atom is -0.490 e. The minimum atomic E-state index is -0.408. The Labute approximate surface area is 201 Å². The largest absolute Gasteiger partial charge is 0.490 e. The fourth-order valence-corrected chi connectivity index (χ4v) is 3.61. The molecule has 0 amide bonds. The highest BCUT2D eigenvalue weighted by Crippen LogP contribution is 2.31. The lowest BCUT2D eigenvalue weighted by atomic mass is 9.96. The Bertz CT molecular complexity index is 1090. The minimum absolute atomic E-state index is 0.163. The first kappa shape index (κ1) is 25.2. The third-order valence-corrected chi connectivity index (χ3v) is 6.10. The molecule has 2 N–H and O–H groups in total. The molecule has 3 rings (SSSR count). The van der Waals surface area contributed by atoms with Gasteiger partial charge in [0.2, 0.25) is 0 Å². The molecule has 0 bridgehead atoms. The van der Waals surface area contributed by atoms with Gasteiger partial charge in [-0.25, -0.2) is 13.8 Å². The number of ether oxygens (including phenoxy) is 1. The molecule has 0 fully saturated rings. The molecule has 180 valence electrons. The van der Waals surface area contributed by atoms with Gasteiger partial charge in [-0.05, 0) is 66.7 Å². The van der Waals surface area contributed by atoms with Crippen LogP contribution in [0.2, 0.25) is 0 Å². The topological polar surface area (TPSA) is 50.8 Å². The van der Waals surface area contributed by atoms with Gasteiger partial charge >= 0.3 is 0 Å². The second-order valence-corrected chi connectivity index (χ2v) is 8.65. The maximum Gasteiger partial charge on any atom is 0.172 e. The number of rotatable bonds is 10. The Hall–Kier alpha value is -3.41. The smallest absolute Gasteiger partial charge is 0.172 e. The van der Waals surface area contributed by atoms with Crippen molar-refractivity contribution in [2.24, 2.45) is 16.8 Å². The first-order valence-corrected chi connectivity index (χ1v) is 11.7. The Morgan fingerprint density at radius 2 is 1.88 bits per heavy atom. The first-order valence-electron chi connectivity index (χ1n) is 11.7. The van der Waals surface area contributed by atoms with Gasteiger partial charge in [0.25, 0.3) is 0 Å². The van der Waals surface area contributed by atoms with Crippen LogP contribution in [0, 0.1) is 17.6 Å². The summed E-state index contributed by atoms with van der Waals surface area (Å²) in [4.78, 5) is 0. The predicted molar refractivity (Wildman–Crippen MR) is 135 cm³/mol. The Morgan fingerprint density at radius 1 is 1.15 bits per heavy atom. The lowest BCUT2D eigenvalue weighted by Gasteiger charge is -2.22. The van der Waals surface area contributed by atoms with Crippen molar-refractivity contribution in [3.63, 3.8) is 0 Å². The molecule has 2 aromatic carbocycles. The molecule has 2 aromatic rings.